The first-order valence-corrected chi connectivity index (χ1v) is 15.6. The van der Waals surface area contributed by atoms with Crippen molar-refractivity contribution in [2.75, 3.05) is 6.61 Å². The summed E-state index contributed by atoms with van der Waals surface area (Å²) in [6.07, 6.45) is -29.8. The molecule has 21 heteroatoms. The van der Waals surface area contributed by atoms with Crippen LogP contribution in [-0.2, 0) is 23.7 Å². The van der Waals surface area contributed by atoms with Crippen LogP contribution in [0.2, 0.25) is 0 Å². The van der Waals surface area contributed by atoms with Gasteiger partial charge >= 0.3 is 0 Å². The molecule has 0 amide bonds. The van der Waals surface area contributed by atoms with Crippen molar-refractivity contribution < 1.29 is 99.2 Å². The van der Waals surface area contributed by atoms with Gasteiger partial charge in [-0.3, -0.25) is 4.79 Å². The van der Waals surface area contributed by atoms with Gasteiger partial charge in [-0.1, -0.05) is 0 Å². The molecule has 6 rings (SSSR count). The first-order chi connectivity index (χ1) is 24.6. The number of rotatable bonds is 8. The molecule has 3 aromatic rings. The van der Waals surface area contributed by atoms with Crippen LogP contribution in [0.3, 0.4) is 0 Å². The first-order valence-electron chi connectivity index (χ1n) is 15.6. The second-order valence-corrected chi connectivity index (χ2v) is 12.3. The average molecular weight is 745 g/mol. The van der Waals surface area contributed by atoms with Crippen molar-refractivity contribution in [3.8, 4) is 34.3 Å². The minimum atomic E-state index is -2.13. The fourth-order valence-electron chi connectivity index (χ4n) is 5.83. The predicted molar refractivity (Wildman–Crippen MR) is 163 cm³/mol. The number of phenols is 3. The Balaban J connectivity index is 1.38. The monoisotopic (exact) mass is 744 g/mol. The smallest absolute Gasteiger partial charge is 0.239 e. The fraction of sp³-hybridized carbons (Fsp3) is 0.516. The number of phenolic OH excluding ortho intramolecular Hbond substituents is 3. The Bertz CT molecular complexity index is 1770. The van der Waals surface area contributed by atoms with Gasteiger partial charge in [0.15, 0.2) is 37.0 Å². The summed E-state index contributed by atoms with van der Waals surface area (Å²) in [6.45, 7) is -0.814. The molecule has 13 N–H and O–H groups in total. The SMILES string of the molecule is O=c1c(O[C@@H]2OC(CO[C@@H]3OC(O)[C@H](O)C(O)C3O)[C@H](O)C(O)C2O[C@@H]2OC(O)[C@H](O)C(O)C2O)c(-c2ccc(O)cc2)oc2cc(O)cc(O)c12. The molecule has 52 heavy (non-hydrogen) atoms. The van der Waals surface area contributed by atoms with E-state index in [1.54, 1.807) is 0 Å². The molecule has 3 fully saturated rings. The van der Waals surface area contributed by atoms with Crippen molar-refractivity contribution in [1.82, 2.24) is 0 Å². The molecule has 4 heterocycles. The molecule has 2 aromatic carbocycles. The Morgan fingerprint density at radius 1 is 0.615 bits per heavy atom. The summed E-state index contributed by atoms with van der Waals surface area (Å²) in [5.41, 5.74) is -1.32. The second kappa shape index (κ2) is 14.9. The summed E-state index contributed by atoms with van der Waals surface area (Å²) in [5.74, 6) is -2.54. The molecule has 0 aliphatic carbocycles. The third kappa shape index (κ3) is 7.13. The van der Waals surface area contributed by atoms with E-state index in [0.29, 0.717) is 0 Å². The lowest BCUT2D eigenvalue weighted by Gasteiger charge is -2.45. The lowest BCUT2D eigenvalue weighted by atomic mass is 9.98. The van der Waals surface area contributed by atoms with E-state index >= 15 is 0 Å². The van der Waals surface area contributed by atoms with Crippen molar-refractivity contribution in [2.24, 2.45) is 0 Å². The summed E-state index contributed by atoms with van der Waals surface area (Å²) < 4.78 is 38.6. The number of fused-ring (bicyclic) bond motifs is 1. The highest BCUT2D eigenvalue weighted by atomic mass is 16.8. The van der Waals surface area contributed by atoms with Gasteiger partial charge in [-0.25, -0.2) is 0 Å². The zero-order valence-corrected chi connectivity index (χ0v) is 26.4. The van der Waals surface area contributed by atoms with Crippen LogP contribution in [0.25, 0.3) is 22.3 Å². The van der Waals surface area contributed by atoms with E-state index in [9.17, 15) is 71.2 Å². The zero-order chi connectivity index (χ0) is 37.8. The van der Waals surface area contributed by atoms with Crippen LogP contribution in [0.15, 0.2) is 45.6 Å². The van der Waals surface area contributed by atoms with Crippen molar-refractivity contribution in [2.45, 2.75) is 92.5 Å². The second-order valence-electron chi connectivity index (χ2n) is 12.3. The molecule has 286 valence electrons. The van der Waals surface area contributed by atoms with E-state index < -0.39 is 127 Å². The standard InChI is InChI=1S/C31H36O21/c32-9-3-1-8(2-4-9)24-25(16(36)14-11(34)5-10(33)6-12(14)47-24)49-31-26(50-30-23(43)18(38)21(41)28(45)52-30)19(39)15(35)13(48-31)7-46-29-22(42)17(37)20(40)27(44)51-29/h1-6,13,15,17-23,26-35,37-45H,7H2/t13?,15-,17?,18?,19?,20+,21+,22?,23?,26?,27?,28?,29+,30+,31-/m0/s1. The molecule has 0 spiro atoms. The normalized spacial score (nSPS) is 38.3. The molecule has 3 saturated heterocycles. The third-order valence-corrected chi connectivity index (χ3v) is 8.73. The average Bonchev–Trinajstić information content (AvgIpc) is 3.10. The Morgan fingerprint density at radius 3 is 1.85 bits per heavy atom. The number of benzene rings is 2. The summed E-state index contributed by atoms with van der Waals surface area (Å²) in [5, 5.41) is 133. The highest BCUT2D eigenvalue weighted by molar-refractivity contribution is 5.88. The number of aliphatic hydroxyl groups excluding tert-OH is 10. The number of hydrogen-bond acceptors (Lipinski definition) is 21. The molecule has 0 radical (unpaired) electrons. The largest absolute Gasteiger partial charge is 0.508 e. The molecular weight excluding hydrogens is 708 g/mol. The third-order valence-electron chi connectivity index (χ3n) is 8.73. The van der Waals surface area contributed by atoms with Gasteiger partial charge in [-0.05, 0) is 24.3 Å². The van der Waals surface area contributed by atoms with Crippen molar-refractivity contribution in [3.63, 3.8) is 0 Å². The Labute approximate surface area is 290 Å². The maximum atomic E-state index is 14.0. The molecule has 21 nitrogen and oxygen atoms in total. The summed E-state index contributed by atoms with van der Waals surface area (Å²) in [4.78, 5) is 14.0. The summed E-state index contributed by atoms with van der Waals surface area (Å²) >= 11 is 0. The summed E-state index contributed by atoms with van der Waals surface area (Å²) in [7, 11) is 0. The van der Waals surface area contributed by atoms with Crippen LogP contribution >= 0.6 is 0 Å². The lowest BCUT2D eigenvalue weighted by molar-refractivity contribution is -0.382. The molecule has 3 aliphatic heterocycles. The quantitative estimate of drug-likeness (QED) is 0.103. The molecule has 0 bridgehead atoms. The van der Waals surface area contributed by atoms with Gasteiger partial charge in [0, 0.05) is 17.7 Å². The van der Waals surface area contributed by atoms with Crippen LogP contribution in [0.5, 0.6) is 23.0 Å². The van der Waals surface area contributed by atoms with Crippen LogP contribution in [0.4, 0.5) is 0 Å². The molecule has 9 unspecified atom stereocenters. The number of aliphatic hydroxyl groups is 10. The van der Waals surface area contributed by atoms with Crippen LogP contribution in [-0.4, -0.2) is 165 Å². The van der Waals surface area contributed by atoms with Crippen LogP contribution in [0.1, 0.15) is 0 Å². The minimum Gasteiger partial charge on any atom is -0.508 e. The van der Waals surface area contributed by atoms with Gasteiger partial charge in [0.25, 0.3) is 0 Å². The van der Waals surface area contributed by atoms with Gasteiger partial charge in [-0.15, -0.1) is 0 Å². The molecular formula is C31H36O21. The maximum absolute atomic E-state index is 14.0. The Hall–Kier alpha value is -3.75. The number of ether oxygens (including phenoxy) is 6. The van der Waals surface area contributed by atoms with E-state index in [-0.39, 0.29) is 22.7 Å². The van der Waals surface area contributed by atoms with E-state index in [2.05, 4.69) is 0 Å². The van der Waals surface area contributed by atoms with Crippen molar-refractivity contribution in [1.29, 1.82) is 0 Å². The number of aromatic hydroxyl groups is 3. The lowest BCUT2D eigenvalue weighted by Crippen LogP contribution is -2.65. The van der Waals surface area contributed by atoms with E-state index in [1.165, 1.54) is 24.3 Å². The first kappa shape index (κ1) is 38.0. The highest BCUT2D eigenvalue weighted by Gasteiger charge is 2.52. The number of hydrogen-bond donors (Lipinski definition) is 13. The van der Waals surface area contributed by atoms with Gasteiger partial charge in [-0.2, -0.15) is 0 Å². The zero-order valence-electron chi connectivity index (χ0n) is 26.4. The predicted octanol–water partition coefficient (Wildman–Crippen LogP) is -4.68. The van der Waals surface area contributed by atoms with Gasteiger partial charge in [0.2, 0.25) is 17.5 Å². The van der Waals surface area contributed by atoms with E-state index in [1.807, 2.05) is 0 Å². The van der Waals surface area contributed by atoms with Crippen molar-refractivity contribution >= 4 is 11.0 Å². The van der Waals surface area contributed by atoms with Gasteiger partial charge in [0.05, 0.1) is 6.61 Å². The molecule has 3 aliphatic rings. The van der Waals surface area contributed by atoms with E-state index in [4.69, 9.17) is 32.8 Å². The topological polar surface area (TPSA) is 349 Å². The van der Waals surface area contributed by atoms with Crippen LogP contribution < -0.4 is 10.2 Å². The fourth-order valence-corrected chi connectivity index (χ4v) is 5.83. The van der Waals surface area contributed by atoms with Crippen molar-refractivity contribution in [3.05, 3.63) is 46.6 Å². The molecule has 1 aromatic heterocycles. The minimum absolute atomic E-state index is 0.0809. The Morgan fingerprint density at radius 2 is 1.21 bits per heavy atom. The van der Waals surface area contributed by atoms with E-state index in [0.717, 1.165) is 12.1 Å². The van der Waals surface area contributed by atoms with Gasteiger partial charge in [0.1, 0.15) is 83.2 Å². The summed E-state index contributed by atoms with van der Waals surface area (Å²) in [6, 6.07) is 6.90. The maximum Gasteiger partial charge on any atom is 0.239 e. The highest BCUT2D eigenvalue weighted by Crippen LogP contribution is 2.38. The molecule has 0 saturated carbocycles. The Kier molecular flexibility index (Phi) is 10.9. The van der Waals surface area contributed by atoms with Gasteiger partial charge < -0.3 is 99.2 Å². The van der Waals surface area contributed by atoms with Crippen LogP contribution in [0, 0.1) is 0 Å². The molecule has 15 atom stereocenters.